The van der Waals surface area contributed by atoms with Gasteiger partial charge in [0.15, 0.2) is 5.16 Å². The van der Waals surface area contributed by atoms with E-state index in [-0.39, 0.29) is 22.2 Å². The highest BCUT2D eigenvalue weighted by atomic mass is 35.5. The van der Waals surface area contributed by atoms with Crippen molar-refractivity contribution in [2.24, 2.45) is 0 Å². The minimum Gasteiger partial charge on any atom is -0.383 e. The Hall–Kier alpha value is -1.94. The summed E-state index contributed by atoms with van der Waals surface area (Å²) in [5.74, 6) is -0.808. The fourth-order valence-corrected chi connectivity index (χ4v) is 4.14. The van der Waals surface area contributed by atoms with Gasteiger partial charge < -0.3 is 10.1 Å². The standard InChI is InChI=1S/C17H15ClFN3O3S2/c1-25-6-5-22-16(24)15-13(4-7-26-15)21-17(22)27-9-14(23)20-12-3-2-10(19)8-11(12)18/h2-4,7-8H,5-6,9H2,1H3,(H,20,23). The lowest BCUT2D eigenvalue weighted by molar-refractivity contribution is -0.113. The van der Waals surface area contributed by atoms with Crippen LogP contribution in [0.3, 0.4) is 0 Å². The van der Waals surface area contributed by atoms with E-state index in [0.717, 1.165) is 17.8 Å². The van der Waals surface area contributed by atoms with E-state index in [1.54, 1.807) is 18.6 Å². The van der Waals surface area contributed by atoms with Crippen LogP contribution in [0.15, 0.2) is 39.6 Å². The molecule has 0 unspecified atom stereocenters. The van der Waals surface area contributed by atoms with Crippen molar-refractivity contribution >= 4 is 56.5 Å². The average Bonchev–Trinajstić information content (AvgIpc) is 3.10. The quantitative estimate of drug-likeness (QED) is 0.460. The van der Waals surface area contributed by atoms with Crippen molar-refractivity contribution < 1.29 is 13.9 Å². The fourth-order valence-electron chi connectivity index (χ4n) is 2.32. The fraction of sp³-hybridized carbons (Fsp3) is 0.235. The highest BCUT2D eigenvalue weighted by molar-refractivity contribution is 7.99. The molecule has 10 heteroatoms. The van der Waals surface area contributed by atoms with Crippen LogP contribution >= 0.6 is 34.7 Å². The maximum Gasteiger partial charge on any atom is 0.272 e. The van der Waals surface area contributed by atoms with Gasteiger partial charge in [0.05, 0.1) is 35.1 Å². The third-order valence-electron chi connectivity index (χ3n) is 3.59. The van der Waals surface area contributed by atoms with Crippen LogP contribution < -0.4 is 10.9 Å². The molecule has 0 saturated heterocycles. The molecule has 2 aromatic heterocycles. The molecule has 2 heterocycles. The van der Waals surface area contributed by atoms with Crippen LogP contribution in [0.25, 0.3) is 10.2 Å². The number of thioether (sulfide) groups is 1. The molecule has 0 aliphatic heterocycles. The Kier molecular flexibility index (Phi) is 6.48. The number of halogens is 2. The third kappa shape index (κ3) is 4.67. The Morgan fingerprint density at radius 3 is 3.00 bits per heavy atom. The first-order valence-electron chi connectivity index (χ1n) is 7.84. The largest absolute Gasteiger partial charge is 0.383 e. The van der Waals surface area contributed by atoms with Gasteiger partial charge >= 0.3 is 0 Å². The normalized spacial score (nSPS) is 11.1. The number of aromatic nitrogens is 2. The molecule has 27 heavy (non-hydrogen) atoms. The third-order valence-corrected chi connectivity index (χ3v) is 5.77. The number of carbonyl (C=O) groups excluding carboxylic acids is 1. The summed E-state index contributed by atoms with van der Waals surface area (Å²) in [5.41, 5.74) is 0.765. The maximum atomic E-state index is 13.1. The number of amides is 1. The number of benzene rings is 1. The second kappa shape index (κ2) is 8.83. The van der Waals surface area contributed by atoms with E-state index in [0.29, 0.717) is 34.2 Å². The van der Waals surface area contributed by atoms with Gasteiger partial charge in [-0.1, -0.05) is 23.4 Å². The number of anilines is 1. The van der Waals surface area contributed by atoms with Crippen molar-refractivity contribution in [3.8, 4) is 0 Å². The second-order valence-electron chi connectivity index (χ2n) is 5.44. The van der Waals surface area contributed by atoms with Gasteiger partial charge in [0, 0.05) is 7.11 Å². The summed E-state index contributed by atoms with van der Waals surface area (Å²) < 4.78 is 20.2. The average molecular weight is 428 g/mol. The van der Waals surface area contributed by atoms with Crippen LogP contribution in [0.2, 0.25) is 5.02 Å². The molecule has 1 N–H and O–H groups in total. The topological polar surface area (TPSA) is 73.2 Å². The summed E-state index contributed by atoms with van der Waals surface area (Å²) in [6.07, 6.45) is 0. The number of ether oxygens (including phenoxy) is 1. The molecule has 0 saturated carbocycles. The highest BCUT2D eigenvalue weighted by Crippen LogP contribution is 2.24. The number of carbonyl (C=O) groups is 1. The number of thiophene rings is 1. The number of methoxy groups -OCH3 is 1. The first-order chi connectivity index (χ1) is 13.0. The van der Waals surface area contributed by atoms with Crippen LogP contribution in [0, 0.1) is 5.82 Å². The molecule has 0 spiro atoms. The highest BCUT2D eigenvalue weighted by Gasteiger charge is 2.15. The Morgan fingerprint density at radius 2 is 2.26 bits per heavy atom. The first-order valence-corrected chi connectivity index (χ1v) is 10.1. The zero-order chi connectivity index (χ0) is 19.4. The molecule has 3 aromatic rings. The predicted octanol–water partition coefficient (Wildman–Crippen LogP) is 3.63. The van der Waals surface area contributed by atoms with Crippen molar-refractivity contribution in [1.29, 1.82) is 0 Å². The number of fused-ring (bicyclic) bond motifs is 1. The second-order valence-corrected chi connectivity index (χ2v) is 7.71. The smallest absolute Gasteiger partial charge is 0.272 e. The molecule has 1 amide bonds. The van der Waals surface area contributed by atoms with E-state index in [1.807, 2.05) is 0 Å². The van der Waals surface area contributed by atoms with Crippen molar-refractivity contribution in [2.45, 2.75) is 11.7 Å². The summed E-state index contributed by atoms with van der Waals surface area (Å²) in [4.78, 5) is 29.3. The van der Waals surface area contributed by atoms with E-state index in [2.05, 4.69) is 10.3 Å². The van der Waals surface area contributed by atoms with Gasteiger partial charge in [0.25, 0.3) is 5.56 Å². The molecule has 3 rings (SSSR count). The number of nitrogens with zero attached hydrogens (tertiary/aromatic N) is 2. The molecular formula is C17H15ClFN3O3S2. The molecule has 0 aliphatic rings. The monoisotopic (exact) mass is 427 g/mol. The summed E-state index contributed by atoms with van der Waals surface area (Å²) in [5, 5.41) is 4.97. The Bertz CT molecular complexity index is 1040. The Labute approximate surface area is 167 Å². The SMILES string of the molecule is COCCn1c(SCC(=O)Nc2ccc(F)cc2Cl)nc2ccsc2c1=O. The first kappa shape index (κ1) is 19.8. The van der Waals surface area contributed by atoms with Gasteiger partial charge in [-0.2, -0.15) is 0 Å². The van der Waals surface area contributed by atoms with Crippen molar-refractivity contribution in [2.75, 3.05) is 24.8 Å². The molecule has 0 aliphatic carbocycles. The van der Waals surface area contributed by atoms with Gasteiger partial charge in [0.1, 0.15) is 10.5 Å². The van der Waals surface area contributed by atoms with Crippen molar-refractivity contribution in [3.63, 3.8) is 0 Å². The predicted molar refractivity (Wildman–Crippen MR) is 107 cm³/mol. The Morgan fingerprint density at radius 1 is 1.44 bits per heavy atom. The molecular weight excluding hydrogens is 413 g/mol. The number of hydrogen-bond donors (Lipinski definition) is 1. The van der Waals surface area contributed by atoms with Gasteiger partial charge in [-0.3, -0.25) is 14.2 Å². The molecule has 0 bridgehead atoms. The van der Waals surface area contributed by atoms with Crippen molar-refractivity contribution in [1.82, 2.24) is 9.55 Å². The number of hydrogen-bond acceptors (Lipinski definition) is 6. The van der Waals surface area contributed by atoms with Gasteiger partial charge in [-0.05, 0) is 29.6 Å². The molecule has 1 aromatic carbocycles. The minimum atomic E-state index is -0.484. The van der Waals surface area contributed by atoms with Gasteiger partial charge in [-0.25, -0.2) is 9.37 Å². The molecule has 0 radical (unpaired) electrons. The minimum absolute atomic E-state index is 0.0166. The van der Waals surface area contributed by atoms with Crippen LogP contribution in [0.4, 0.5) is 10.1 Å². The van der Waals surface area contributed by atoms with Crippen molar-refractivity contribution in [3.05, 3.63) is 50.8 Å². The zero-order valence-electron chi connectivity index (χ0n) is 14.2. The van der Waals surface area contributed by atoms with E-state index >= 15 is 0 Å². The van der Waals surface area contributed by atoms with Gasteiger partial charge in [-0.15, -0.1) is 11.3 Å². The summed E-state index contributed by atoms with van der Waals surface area (Å²) in [7, 11) is 1.55. The summed E-state index contributed by atoms with van der Waals surface area (Å²) in [6, 6.07) is 5.50. The lowest BCUT2D eigenvalue weighted by atomic mass is 10.3. The van der Waals surface area contributed by atoms with E-state index in [4.69, 9.17) is 16.3 Å². The summed E-state index contributed by atoms with van der Waals surface area (Å²) >= 11 is 8.38. The van der Waals surface area contributed by atoms with Gasteiger partial charge in [0.2, 0.25) is 5.91 Å². The van der Waals surface area contributed by atoms with Crippen LogP contribution in [-0.4, -0.2) is 34.9 Å². The lowest BCUT2D eigenvalue weighted by Gasteiger charge is -2.12. The molecule has 0 fully saturated rings. The van der Waals surface area contributed by atoms with Crippen LogP contribution in [-0.2, 0) is 16.1 Å². The van der Waals surface area contributed by atoms with Crippen LogP contribution in [0.5, 0.6) is 0 Å². The van der Waals surface area contributed by atoms with E-state index < -0.39 is 5.82 Å². The van der Waals surface area contributed by atoms with Crippen LogP contribution in [0.1, 0.15) is 0 Å². The summed E-state index contributed by atoms with van der Waals surface area (Å²) in [6.45, 7) is 0.688. The zero-order valence-corrected chi connectivity index (χ0v) is 16.6. The maximum absolute atomic E-state index is 13.1. The molecule has 0 atom stereocenters. The van der Waals surface area contributed by atoms with E-state index in [1.165, 1.54) is 28.0 Å². The van der Waals surface area contributed by atoms with E-state index in [9.17, 15) is 14.0 Å². The molecule has 142 valence electrons. The Balaban J connectivity index is 1.77. The number of nitrogens with one attached hydrogen (secondary N) is 1. The number of rotatable bonds is 7. The lowest BCUT2D eigenvalue weighted by Crippen LogP contribution is -2.25. The molecule has 6 nitrogen and oxygen atoms in total.